The standard InChI is InChI=1S/C15H21BrClN/c1-10(2)13(9-18-11(3)4)7-12-8-14(16)5-6-15(12)17/h5-8,10-11,18H,9H2,1-4H3/b13-7-. The molecule has 18 heavy (non-hydrogen) atoms. The predicted molar refractivity (Wildman–Crippen MR) is 85.1 cm³/mol. The van der Waals surface area contributed by atoms with Gasteiger partial charge in [-0.15, -0.1) is 0 Å². The van der Waals surface area contributed by atoms with E-state index in [9.17, 15) is 0 Å². The molecule has 0 aromatic heterocycles. The smallest absolute Gasteiger partial charge is 0.0479 e. The second kappa shape index (κ2) is 7.32. The highest BCUT2D eigenvalue weighted by atomic mass is 79.9. The van der Waals surface area contributed by atoms with Crippen LogP contribution in [0, 0.1) is 5.92 Å². The summed E-state index contributed by atoms with van der Waals surface area (Å²) in [6.07, 6.45) is 2.19. The molecule has 0 spiro atoms. The van der Waals surface area contributed by atoms with Crippen molar-refractivity contribution in [2.24, 2.45) is 5.92 Å². The third-order valence-corrected chi connectivity index (χ3v) is 3.59. The summed E-state index contributed by atoms with van der Waals surface area (Å²) in [5, 5.41) is 4.25. The van der Waals surface area contributed by atoms with E-state index in [-0.39, 0.29) is 0 Å². The number of nitrogens with one attached hydrogen (secondary N) is 1. The number of halogens is 2. The van der Waals surface area contributed by atoms with Crippen molar-refractivity contribution in [2.45, 2.75) is 33.7 Å². The molecule has 1 N–H and O–H groups in total. The van der Waals surface area contributed by atoms with Gasteiger partial charge in [-0.05, 0) is 29.7 Å². The molecule has 1 aromatic rings. The summed E-state index contributed by atoms with van der Waals surface area (Å²) in [4.78, 5) is 0. The van der Waals surface area contributed by atoms with Crippen molar-refractivity contribution >= 4 is 33.6 Å². The lowest BCUT2D eigenvalue weighted by Crippen LogP contribution is -2.26. The van der Waals surface area contributed by atoms with E-state index >= 15 is 0 Å². The van der Waals surface area contributed by atoms with Crippen LogP contribution in [0.3, 0.4) is 0 Å². The molecule has 0 saturated carbocycles. The fourth-order valence-electron chi connectivity index (χ4n) is 1.57. The molecule has 0 saturated heterocycles. The maximum Gasteiger partial charge on any atom is 0.0479 e. The average molecular weight is 331 g/mol. The van der Waals surface area contributed by atoms with Crippen LogP contribution < -0.4 is 5.32 Å². The van der Waals surface area contributed by atoms with Gasteiger partial charge in [0.2, 0.25) is 0 Å². The van der Waals surface area contributed by atoms with Gasteiger partial charge in [-0.25, -0.2) is 0 Å². The lowest BCUT2D eigenvalue weighted by Gasteiger charge is -2.15. The third-order valence-electron chi connectivity index (χ3n) is 2.75. The number of hydrogen-bond donors (Lipinski definition) is 1. The van der Waals surface area contributed by atoms with Gasteiger partial charge in [0.05, 0.1) is 0 Å². The molecule has 0 aliphatic carbocycles. The minimum absolute atomic E-state index is 0.491. The molecule has 1 nitrogen and oxygen atoms in total. The Hall–Kier alpha value is -0.310. The summed E-state index contributed by atoms with van der Waals surface area (Å²) in [7, 11) is 0. The van der Waals surface area contributed by atoms with E-state index in [0.29, 0.717) is 12.0 Å². The molecule has 1 rings (SSSR count). The second-order valence-electron chi connectivity index (χ2n) is 5.08. The van der Waals surface area contributed by atoms with Crippen LogP contribution in [0.25, 0.3) is 6.08 Å². The molecule has 0 aliphatic heterocycles. The Kier molecular flexibility index (Phi) is 6.40. The lowest BCUT2D eigenvalue weighted by atomic mass is 10.00. The molecular weight excluding hydrogens is 310 g/mol. The Morgan fingerprint density at radius 1 is 1.33 bits per heavy atom. The van der Waals surface area contributed by atoms with Gasteiger partial charge in [0, 0.05) is 22.1 Å². The molecule has 0 atom stereocenters. The van der Waals surface area contributed by atoms with Gasteiger partial charge < -0.3 is 5.32 Å². The van der Waals surface area contributed by atoms with Crippen LogP contribution >= 0.6 is 27.5 Å². The zero-order chi connectivity index (χ0) is 13.7. The number of hydrogen-bond acceptors (Lipinski definition) is 1. The predicted octanol–water partition coefficient (Wildman–Crippen LogP) is 5.14. The van der Waals surface area contributed by atoms with Crippen LogP contribution in [-0.4, -0.2) is 12.6 Å². The Morgan fingerprint density at radius 2 is 2.00 bits per heavy atom. The molecule has 3 heteroatoms. The normalized spacial score (nSPS) is 12.6. The Labute approximate surface area is 124 Å². The quantitative estimate of drug-likeness (QED) is 0.788. The molecule has 0 heterocycles. The fourth-order valence-corrected chi connectivity index (χ4v) is 2.12. The van der Waals surface area contributed by atoms with Gasteiger partial charge in [-0.2, -0.15) is 0 Å². The van der Waals surface area contributed by atoms with E-state index in [1.807, 2.05) is 12.1 Å². The van der Waals surface area contributed by atoms with Gasteiger partial charge in [0.1, 0.15) is 0 Å². The fraction of sp³-hybridized carbons (Fsp3) is 0.467. The average Bonchev–Trinajstić information content (AvgIpc) is 2.28. The van der Waals surface area contributed by atoms with Crippen LogP contribution in [0.2, 0.25) is 5.02 Å². The summed E-state index contributed by atoms with van der Waals surface area (Å²) in [5.74, 6) is 0.506. The van der Waals surface area contributed by atoms with Gasteiger partial charge in [0.15, 0.2) is 0 Å². The van der Waals surface area contributed by atoms with Crippen LogP contribution in [0.1, 0.15) is 33.3 Å². The summed E-state index contributed by atoms with van der Waals surface area (Å²) in [6, 6.07) is 6.43. The summed E-state index contributed by atoms with van der Waals surface area (Å²) < 4.78 is 1.05. The van der Waals surface area contributed by atoms with Gasteiger partial charge in [-0.1, -0.05) is 66.9 Å². The highest BCUT2D eigenvalue weighted by molar-refractivity contribution is 9.10. The first-order chi connectivity index (χ1) is 8.40. The highest BCUT2D eigenvalue weighted by Crippen LogP contribution is 2.24. The Balaban J connectivity index is 2.96. The largest absolute Gasteiger partial charge is 0.311 e. The highest BCUT2D eigenvalue weighted by Gasteiger charge is 2.06. The van der Waals surface area contributed by atoms with Crippen molar-refractivity contribution in [3.05, 3.63) is 38.8 Å². The third kappa shape index (κ3) is 5.13. The summed E-state index contributed by atoms with van der Waals surface area (Å²) >= 11 is 9.70. The molecule has 0 fully saturated rings. The van der Waals surface area contributed by atoms with Crippen LogP contribution in [0.5, 0.6) is 0 Å². The molecule has 0 bridgehead atoms. The summed E-state index contributed by atoms with van der Waals surface area (Å²) in [5.41, 5.74) is 2.43. The minimum atomic E-state index is 0.491. The first-order valence-corrected chi connectivity index (χ1v) is 7.46. The van der Waals surface area contributed by atoms with E-state index in [0.717, 1.165) is 21.6 Å². The second-order valence-corrected chi connectivity index (χ2v) is 6.40. The monoisotopic (exact) mass is 329 g/mol. The maximum absolute atomic E-state index is 6.22. The van der Waals surface area contributed by atoms with Crippen molar-refractivity contribution < 1.29 is 0 Å². The van der Waals surface area contributed by atoms with Crippen molar-refractivity contribution in [1.29, 1.82) is 0 Å². The van der Waals surface area contributed by atoms with Crippen LogP contribution in [-0.2, 0) is 0 Å². The van der Waals surface area contributed by atoms with Gasteiger partial charge in [-0.3, -0.25) is 0 Å². The van der Waals surface area contributed by atoms with Crippen molar-refractivity contribution in [3.8, 4) is 0 Å². The zero-order valence-electron chi connectivity index (χ0n) is 11.4. The van der Waals surface area contributed by atoms with Crippen molar-refractivity contribution in [2.75, 3.05) is 6.54 Å². The molecule has 100 valence electrons. The molecule has 0 radical (unpaired) electrons. The first-order valence-electron chi connectivity index (χ1n) is 6.29. The van der Waals surface area contributed by atoms with Crippen LogP contribution in [0.15, 0.2) is 28.2 Å². The van der Waals surface area contributed by atoms with Gasteiger partial charge >= 0.3 is 0 Å². The van der Waals surface area contributed by atoms with Gasteiger partial charge in [0.25, 0.3) is 0 Å². The van der Waals surface area contributed by atoms with Crippen LogP contribution in [0.4, 0.5) is 0 Å². The molecule has 0 amide bonds. The molecule has 0 aliphatic rings. The Morgan fingerprint density at radius 3 is 2.56 bits per heavy atom. The maximum atomic E-state index is 6.22. The minimum Gasteiger partial charge on any atom is -0.311 e. The number of rotatable bonds is 5. The van der Waals surface area contributed by atoms with E-state index in [1.54, 1.807) is 0 Å². The van der Waals surface area contributed by atoms with E-state index in [4.69, 9.17) is 11.6 Å². The zero-order valence-corrected chi connectivity index (χ0v) is 13.8. The molecule has 1 aromatic carbocycles. The van der Waals surface area contributed by atoms with E-state index < -0.39 is 0 Å². The van der Waals surface area contributed by atoms with Crippen molar-refractivity contribution in [3.63, 3.8) is 0 Å². The first kappa shape index (κ1) is 15.7. The molecule has 0 unspecified atom stereocenters. The molecular formula is C15H21BrClN. The Bertz CT molecular complexity index is 425. The topological polar surface area (TPSA) is 12.0 Å². The van der Waals surface area contributed by atoms with E-state index in [2.05, 4.69) is 61.1 Å². The lowest BCUT2D eigenvalue weighted by molar-refractivity contribution is 0.593. The number of benzene rings is 1. The van der Waals surface area contributed by atoms with Crippen molar-refractivity contribution in [1.82, 2.24) is 5.32 Å². The summed E-state index contributed by atoms with van der Waals surface area (Å²) in [6.45, 7) is 9.63. The van der Waals surface area contributed by atoms with E-state index in [1.165, 1.54) is 5.57 Å². The SMILES string of the molecule is CC(C)NC/C(=C/c1cc(Br)ccc1Cl)C(C)C.